The van der Waals surface area contributed by atoms with Crippen LogP contribution in [-0.2, 0) is 4.79 Å². The zero-order valence-electron chi connectivity index (χ0n) is 12.2. The molecule has 1 aromatic carbocycles. The van der Waals surface area contributed by atoms with E-state index >= 15 is 0 Å². The van der Waals surface area contributed by atoms with Crippen molar-refractivity contribution in [3.63, 3.8) is 0 Å². The molecule has 0 fully saturated rings. The molecule has 2 rings (SSSR count). The first-order chi connectivity index (χ1) is 9.82. The third-order valence-electron chi connectivity index (χ3n) is 3.07. The number of benzene rings is 1. The summed E-state index contributed by atoms with van der Waals surface area (Å²) in [4.78, 5) is 11.9. The first kappa shape index (κ1) is 15.1. The molecule has 21 heavy (non-hydrogen) atoms. The zero-order valence-corrected chi connectivity index (χ0v) is 13.0. The molecule has 1 aromatic heterocycles. The van der Waals surface area contributed by atoms with Crippen LogP contribution in [0, 0.1) is 16.7 Å². The SMILES string of the molecule is CC(C)(C)C(=O)Nc1ccc(-c2csc(N)c2C#N)cc1. The van der Waals surface area contributed by atoms with Gasteiger partial charge in [-0.25, -0.2) is 0 Å². The first-order valence-electron chi connectivity index (χ1n) is 6.52. The second-order valence-corrected chi connectivity index (χ2v) is 6.69. The average Bonchev–Trinajstić information content (AvgIpc) is 2.79. The lowest BCUT2D eigenvalue weighted by molar-refractivity contribution is -0.123. The Morgan fingerprint density at radius 1 is 1.29 bits per heavy atom. The maximum Gasteiger partial charge on any atom is 0.229 e. The van der Waals surface area contributed by atoms with E-state index in [1.54, 1.807) is 0 Å². The summed E-state index contributed by atoms with van der Waals surface area (Å²) in [6.07, 6.45) is 0. The van der Waals surface area contributed by atoms with Crippen LogP contribution in [0.1, 0.15) is 26.3 Å². The maximum atomic E-state index is 11.9. The minimum atomic E-state index is -0.436. The second kappa shape index (κ2) is 5.58. The predicted molar refractivity (Wildman–Crippen MR) is 87.0 cm³/mol. The van der Waals surface area contributed by atoms with Crippen LogP contribution in [0.15, 0.2) is 29.6 Å². The van der Waals surface area contributed by atoms with Gasteiger partial charge in [-0.05, 0) is 17.7 Å². The highest BCUT2D eigenvalue weighted by Crippen LogP contribution is 2.33. The molecule has 2 aromatic rings. The van der Waals surface area contributed by atoms with Crippen molar-refractivity contribution in [2.24, 2.45) is 5.41 Å². The van der Waals surface area contributed by atoms with Gasteiger partial charge in [0.15, 0.2) is 0 Å². The van der Waals surface area contributed by atoms with Gasteiger partial charge in [-0.3, -0.25) is 4.79 Å². The number of nitrogen functional groups attached to an aromatic ring is 1. The average molecular weight is 299 g/mol. The van der Waals surface area contributed by atoms with Crippen LogP contribution in [-0.4, -0.2) is 5.91 Å². The normalized spacial score (nSPS) is 11.0. The van der Waals surface area contributed by atoms with E-state index in [0.29, 0.717) is 10.6 Å². The summed E-state index contributed by atoms with van der Waals surface area (Å²) < 4.78 is 0. The molecule has 108 valence electrons. The van der Waals surface area contributed by atoms with E-state index in [1.807, 2.05) is 50.4 Å². The van der Waals surface area contributed by atoms with E-state index in [1.165, 1.54) is 11.3 Å². The number of amides is 1. The molecule has 1 heterocycles. The Balaban J connectivity index is 2.24. The Kier molecular flexibility index (Phi) is 4.01. The molecule has 0 atom stereocenters. The van der Waals surface area contributed by atoms with Crippen molar-refractivity contribution in [1.29, 1.82) is 5.26 Å². The van der Waals surface area contributed by atoms with Crippen molar-refractivity contribution >= 4 is 27.9 Å². The first-order valence-corrected chi connectivity index (χ1v) is 7.40. The highest BCUT2D eigenvalue weighted by Gasteiger charge is 2.21. The Hall–Kier alpha value is -2.32. The molecule has 5 heteroatoms. The molecule has 1 amide bonds. The van der Waals surface area contributed by atoms with Crippen LogP contribution >= 0.6 is 11.3 Å². The van der Waals surface area contributed by atoms with Gasteiger partial charge in [-0.2, -0.15) is 5.26 Å². The lowest BCUT2D eigenvalue weighted by atomic mass is 9.95. The van der Waals surface area contributed by atoms with E-state index in [9.17, 15) is 4.79 Å². The topological polar surface area (TPSA) is 78.9 Å². The largest absolute Gasteiger partial charge is 0.389 e. The highest BCUT2D eigenvalue weighted by molar-refractivity contribution is 7.14. The van der Waals surface area contributed by atoms with Crippen molar-refractivity contribution < 1.29 is 4.79 Å². The quantitative estimate of drug-likeness (QED) is 0.884. The minimum absolute atomic E-state index is 0.0345. The number of carbonyl (C=O) groups excluding carboxylic acids is 1. The summed E-state index contributed by atoms with van der Waals surface area (Å²) in [6, 6.07) is 9.53. The van der Waals surface area contributed by atoms with Gasteiger partial charge in [0.05, 0.1) is 5.56 Å². The fraction of sp³-hybridized carbons (Fsp3) is 0.250. The summed E-state index contributed by atoms with van der Waals surface area (Å²) in [5, 5.41) is 14.4. The van der Waals surface area contributed by atoms with Gasteiger partial charge in [0.25, 0.3) is 0 Å². The molecule has 0 radical (unpaired) electrons. The van der Waals surface area contributed by atoms with E-state index in [2.05, 4.69) is 11.4 Å². The highest BCUT2D eigenvalue weighted by atomic mass is 32.1. The molecule has 0 unspecified atom stereocenters. The molecule has 3 N–H and O–H groups in total. The van der Waals surface area contributed by atoms with Crippen molar-refractivity contribution in [3.05, 3.63) is 35.2 Å². The second-order valence-electron chi connectivity index (χ2n) is 5.78. The minimum Gasteiger partial charge on any atom is -0.389 e. The Labute approximate surface area is 128 Å². The van der Waals surface area contributed by atoms with Gasteiger partial charge < -0.3 is 11.1 Å². The number of anilines is 2. The standard InChI is InChI=1S/C16H17N3OS/c1-16(2,3)15(20)19-11-6-4-10(5-7-11)13-9-21-14(18)12(13)8-17/h4-7,9H,18H2,1-3H3,(H,19,20). The molecule has 0 saturated heterocycles. The Morgan fingerprint density at radius 2 is 1.90 bits per heavy atom. The van der Waals surface area contributed by atoms with Gasteiger partial charge in [0.2, 0.25) is 5.91 Å². The summed E-state index contributed by atoms with van der Waals surface area (Å²) in [5.74, 6) is -0.0345. The molecule has 0 aliphatic carbocycles. The molecule has 0 aliphatic rings. The van der Waals surface area contributed by atoms with Gasteiger partial charge in [-0.1, -0.05) is 32.9 Å². The molecular weight excluding hydrogens is 282 g/mol. The van der Waals surface area contributed by atoms with Crippen molar-refractivity contribution in [2.75, 3.05) is 11.1 Å². The van der Waals surface area contributed by atoms with Crippen LogP contribution in [0.5, 0.6) is 0 Å². The van der Waals surface area contributed by atoms with Crippen molar-refractivity contribution in [3.8, 4) is 17.2 Å². The van der Waals surface area contributed by atoms with Crippen LogP contribution in [0.2, 0.25) is 0 Å². The zero-order chi connectivity index (χ0) is 15.6. The molecule has 0 aliphatic heterocycles. The number of hydrogen-bond donors (Lipinski definition) is 2. The Morgan fingerprint density at radius 3 is 2.43 bits per heavy atom. The number of carbonyl (C=O) groups is 1. The van der Waals surface area contributed by atoms with Gasteiger partial charge in [0, 0.05) is 22.0 Å². The van der Waals surface area contributed by atoms with Crippen molar-refractivity contribution in [2.45, 2.75) is 20.8 Å². The molecule has 4 nitrogen and oxygen atoms in total. The lowest BCUT2D eigenvalue weighted by Crippen LogP contribution is -2.27. The maximum absolute atomic E-state index is 11.9. The molecule has 0 saturated carbocycles. The summed E-state index contributed by atoms with van der Waals surface area (Å²) in [7, 11) is 0. The predicted octanol–water partition coefficient (Wildman–Crippen LogP) is 3.85. The van der Waals surface area contributed by atoms with Crippen molar-refractivity contribution in [1.82, 2.24) is 0 Å². The number of nitriles is 1. The van der Waals surface area contributed by atoms with E-state index in [4.69, 9.17) is 11.0 Å². The smallest absolute Gasteiger partial charge is 0.229 e. The van der Waals surface area contributed by atoms with Crippen LogP contribution in [0.4, 0.5) is 10.7 Å². The molecular formula is C16H17N3OS. The van der Waals surface area contributed by atoms with E-state index in [-0.39, 0.29) is 5.91 Å². The number of nitrogens with one attached hydrogen (secondary N) is 1. The van der Waals surface area contributed by atoms with Gasteiger partial charge in [-0.15, -0.1) is 11.3 Å². The number of rotatable bonds is 2. The third-order valence-corrected chi connectivity index (χ3v) is 3.88. The third kappa shape index (κ3) is 3.23. The Bertz CT molecular complexity index is 703. The van der Waals surface area contributed by atoms with E-state index in [0.717, 1.165) is 16.8 Å². The van der Waals surface area contributed by atoms with E-state index < -0.39 is 5.41 Å². The summed E-state index contributed by atoms with van der Waals surface area (Å²) >= 11 is 1.35. The monoisotopic (exact) mass is 299 g/mol. The fourth-order valence-corrected chi connectivity index (χ4v) is 2.52. The number of nitrogens with zero attached hydrogens (tertiary/aromatic N) is 1. The van der Waals surface area contributed by atoms with Crippen LogP contribution < -0.4 is 11.1 Å². The summed E-state index contributed by atoms with van der Waals surface area (Å²) in [6.45, 7) is 5.60. The van der Waals surface area contributed by atoms with Gasteiger partial charge >= 0.3 is 0 Å². The van der Waals surface area contributed by atoms with Crippen LogP contribution in [0.3, 0.4) is 0 Å². The molecule has 0 bridgehead atoms. The van der Waals surface area contributed by atoms with Gasteiger partial charge in [0.1, 0.15) is 11.1 Å². The molecule has 0 spiro atoms. The number of thiophene rings is 1. The summed E-state index contributed by atoms with van der Waals surface area (Å²) in [5.41, 5.74) is 8.32. The number of nitrogens with two attached hydrogens (primary N) is 1. The number of hydrogen-bond acceptors (Lipinski definition) is 4. The lowest BCUT2D eigenvalue weighted by Gasteiger charge is -2.17. The van der Waals surface area contributed by atoms with Crippen LogP contribution in [0.25, 0.3) is 11.1 Å². The fourth-order valence-electron chi connectivity index (χ4n) is 1.75.